The van der Waals surface area contributed by atoms with Crippen molar-refractivity contribution in [2.75, 3.05) is 0 Å². The molecule has 134 valence electrons. The van der Waals surface area contributed by atoms with E-state index in [1.165, 1.54) is 87.5 Å². The van der Waals surface area contributed by atoms with Gasteiger partial charge in [0.25, 0.3) is 0 Å². The lowest BCUT2D eigenvalue weighted by atomic mass is 10.0. The molecule has 1 aromatic rings. The average molecular weight is 339 g/mol. The molecule has 0 fully saturated rings. The quantitative estimate of drug-likeness (QED) is 0.282. The van der Waals surface area contributed by atoms with Gasteiger partial charge in [0.2, 0.25) is 0 Å². The smallest absolute Gasteiger partial charge is 0.0324 e. The lowest BCUT2D eigenvalue weighted by Gasteiger charge is -2.03. The van der Waals surface area contributed by atoms with Crippen molar-refractivity contribution in [1.82, 2.24) is 0 Å². The highest BCUT2D eigenvalue weighted by molar-refractivity contribution is 7.12. The fraction of sp³-hybridized carbons (Fsp3) is 0.818. The molecule has 1 heterocycles. The largest absolute Gasteiger partial charge is 0.145 e. The van der Waals surface area contributed by atoms with E-state index in [1.807, 2.05) is 6.07 Å². The monoisotopic (exact) mass is 338 g/mol. The van der Waals surface area contributed by atoms with Gasteiger partial charge >= 0.3 is 0 Å². The van der Waals surface area contributed by atoms with E-state index in [4.69, 9.17) is 2.74 Å². The molecule has 23 heavy (non-hydrogen) atoms. The summed E-state index contributed by atoms with van der Waals surface area (Å²) in [4.78, 5) is 2.17. The zero-order valence-electron chi connectivity index (χ0n) is 17.9. The Morgan fingerprint density at radius 3 is 1.57 bits per heavy atom. The standard InChI is InChI=1S/C22H40S/c1-4-5-6-7-8-9-10-11-12-13-14-15-16-17-18-22-19-20(2)21(3)23-22/h19H,4-18H2,1-3H3/i18D2. The van der Waals surface area contributed by atoms with Crippen molar-refractivity contribution >= 4 is 11.3 Å². The topological polar surface area (TPSA) is 0 Å². The van der Waals surface area contributed by atoms with Gasteiger partial charge in [0.1, 0.15) is 0 Å². The van der Waals surface area contributed by atoms with Gasteiger partial charge in [-0.25, -0.2) is 0 Å². The normalized spacial score (nSPS) is 13.2. The Hall–Kier alpha value is -0.300. The molecule has 1 rings (SSSR count). The lowest BCUT2D eigenvalue weighted by Crippen LogP contribution is -1.84. The molecule has 0 saturated heterocycles. The highest BCUT2D eigenvalue weighted by Crippen LogP contribution is 2.22. The third-order valence-electron chi connectivity index (χ3n) is 4.75. The van der Waals surface area contributed by atoms with E-state index in [0.717, 1.165) is 11.3 Å². The summed E-state index contributed by atoms with van der Waals surface area (Å²) in [6.07, 6.45) is 16.9. The van der Waals surface area contributed by atoms with Crippen molar-refractivity contribution in [1.29, 1.82) is 0 Å². The van der Waals surface area contributed by atoms with Crippen molar-refractivity contribution in [3.63, 3.8) is 0 Å². The molecule has 0 aromatic carbocycles. The second kappa shape index (κ2) is 14.1. The summed E-state index contributed by atoms with van der Waals surface area (Å²) >= 11 is 1.63. The summed E-state index contributed by atoms with van der Waals surface area (Å²) in [5.74, 6) is 0. The van der Waals surface area contributed by atoms with E-state index in [-0.39, 0.29) is 0 Å². The highest BCUT2D eigenvalue weighted by atomic mass is 32.1. The molecular formula is C22H40S. The lowest BCUT2D eigenvalue weighted by molar-refractivity contribution is 0.536. The maximum atomic E-state index is 8.31. The van der Waals surface area contributed by atoms with Gasteiger partial charge in [-0.05, 0) is 38.3 Å². The molecule has 0 saturated carbocycles. The fourth-order valence-corrected chi connectivity index (χ4v) is 3.97. The number of aryl methyl sites for hydroxylation is 3. The number of unbranched alkanes of at least 4 members (excludes halogenated alkanes) is 12. The molecule has 0 atom stereocenters. The maximum Gasteiger partial charge on any atom is 0.0324 e. The van der Waals surface area contributed by atoms with Crippen LogP contribution in [0.15, 0.2) is 6.07 Å². The predicted molar refractivity (Wildman–Crippen MR) is 108 cm³/mol. The fourth-order valence-electron chi connectivity index (χ4n) is 3.01. The molecule has 0 nitrogen and oxygen atoms in total. The number of hydrogen-bond donors (Lipinski definition) is 0. The Bertz CT molecular complexity index is 431. The van der Waals surface area contributed by atoms with Crippen LogP contribution in [0.2, 0.25) is 0 Å². The first kappa shape index (κ1) is 17.5. The van der Waals surface area contributed by atoms with Crippen molar-refractivity contribution in [3.8, 4) is 0 Å². The average Bonchev–Trinajstić information content (AvgIpc) is 2.92. The summed E-state index contributed by atoms with van der Waals surface area (Å²) in [5, 5.41) is 0. The molecule has 0 radical (unpaired) electrons. The van der Waals surface area contributed by atoms with E-state index in [0.29, 0.717) is 6.42 Å². The first-order valence-electron chi connectivity index (χ1n) is 11.0. The Labute approximate surface area is 152 Å². The highest BCUT2D eigenvalue weighted by Gasteiger charge is 2.01. The molecule has 1 aromatic heterocycles. The Balaban J connectivity index is 1.96. The summed E-state index contributed by atoms with van der Waals surface area (Å²) in [5.41, 5.74) is 1.23. The minimum absolute atomic E-state index is 0.671. The third kappa shape index (κ3) is 11.0. The molecule has 0 N–H and O–H groups in total. The van der Waals surface area contributed by atoms with Gasteiger partial charge in [0.05, 0.1) is 0 Å². The van der Waals surface area contributed by atoms with Gasteiger partial charge in [-0.3, -0.25) is 0 Å². The van der Waals surface area contributed by atoms with Crippen LogP contribution in [0.1, 0.15) is 115 Å². The molecular weight excluding hydrogens is 296 g/mol. The molecule has 1 heteroatoms. The maximum absolute atomic E-state index is 8.31. The molecule has 0 aliphatic heterocycles. The number of thiophene rings is 1. The Morgan fingerprint density at radius 2 is 1.17 bits per heavy atom. The summed E-state index contributed by atoms with van der Waals surface area (Å²) in [6.45, 7) is 6.44. The van der Waals surface area contributed by atoms with E-state index in [9.17, 15) is 0 Å². The van der Waals surface area contributed by atoms with Crippen molar-refractivity contribution in [2.24, 2.45) is 0 Å². The van der Waals surface area contributed by atoms with Crippen LogP contribution in [-0.2, 0) is 6.37 Å². The molecule has 0 amide bonds. The zero-order chi connectivity index (χ0) is 18.5. The predicted octanol–water partition coefficient (Wildman–Crippen LogP) is 8.39. The van der Waals surface area contributed by atoms with Crippen LogP contribution in [0.3, 0.4) is 0 Å². The Morgan fingerprint density at radius 1 is 0.739 bits per heavy atom. The van der Waals surface area contributed by atoms with E-state index < -0.39 is 6.37 Å². The van der Waals surface area contributed by atoms with Gasteiger partial charge in [-0.1, -0.05) is 90.4 Å². The van der Waals surface area contributed by atoms with Crippen LogP contribution in [0.5, 0.6) is 0 Å². The van der Waals surface area contributed by atoms with Crippen molar-refractivity contribution in [2.45, 2.75) is 117 Å². The van der Waals surface area contributed by atoms with Crippen LogP contribution in [0, 0.1) is 13.8 Å². The van der Waals surface area contributed by atoms with Gasteiger partial charge in [-0.15, -0.1) is 11.3 Å². The molecule has 0 aliphatic rings. The van der Waals surface area contributed by atoms with Crippen LogP contribution < -0.4 is 0 Å². The number of rotatable bonds is 15. The van der Waals surface area contributed by atoms with Crippen LogP contribution in [0.25, 0.3) is 0 Å². The van der Waals surface area contributed by atoms with Crippen LogP contribution in [0.4, 0.5) is 0 Å². The zero-order valence-corrected chi connectivity index (χ0v) is 16.7. The van der Waals surface area contributed by atoms with Crippen LogP contribution in [-0.4, -0.2) is 0 Å². The summed E-state index contributed by atoms with van der Waals surface area (Å²) < 4.78 is 16.6. The van der Waals surface area contributed by atoms with E-state index in [2.05, 4.69) is 20.8 Å². The first-order valence-corrected chi connectivity index (χ1v) is 10.9. The van der Waals surface area contributed by atoms with Gasteiger partial charge < -0.3 is 0 Å². The van der Waals surface area contributed by atoms with Gasteiger partial charge in [0, 0.05) is 12.5 Å². The van der Waals surface area contributed by atoms with E-state index >= 15 is 0 Å². The SMILES string of the molecule is [2H]C([2H])(CCCCCCCCCCCCCCC)c1cc(C)c(C)s1. The minimum atomic E-state index is -1.14. The second-order valence-corrected chi connectivity index (χ2v) is 8.28. The summed E-state index contributed by atoms with van der Waals surface area (Å²) in [6, 6.07) is 2.04. The number of hydrogen-bond acceptors (Lipinski definition) is 1. The molecule has 0 spiro atoms. The van der Waals surface area contributed by atoms with Crippen molar-refractivity contribution < 1.29 is 2.74 Å². The first-order chi connectivity index (χ1) is 12.0. The van der Waals surface area contributed by atoms with Crippen LogP contribution >= 0.6 is 11.3 Å². The van der Waals surface area contributed by atoms with Gasteiger partial charge in [0.15, 0.2) is 0 Å². The third-order valence-corrected chi connectivity index (χ3v) is 5.86. The summed E-state index contributed by atoms with van der Waals surface area (Å²) in [7, 11) is 0. The Kier molecular flexibility index (Phi) is 10.7. The second-order valence-electron chi connectivity index (χ2n) is 7.02. The van der Waals surface area contributed by atoms with Crippen molar-refractivity contribution in [3.05, 3.63) is 21.4 Å². The molecule has 0 unspecified atom stereocenters. The molecule has 0 aliphatic carbocycles. The molecule has 0 bridgehead atoms. The van der Waals surface area contributed by atoms with E-state index in [1.54, 1.807) is 11.3 Å². The van der Waals surface area contributed by atoms with Gasteiger partial charge in [-0.2, -0.15) is 0 Å². The minimum Gasteiger partial charge on any atom is -0.145 e.